The predicted octanol–water partition coefficient (Wildman–Crippen LogP) is -0.480. The average molecular weight is 193 g/mol. The van der Waals surface area contributed by atoms with E-state index in [1.54, 1.807) is 0 Å². The molecule has 0 aliphatic carbocycles. The normalized spacial score (nSPS) is 19.8. The van der Waals surface area contributed by atoms with E-state index in [0.29, 0.717) is 0 Å². The Kier molecular flexibility index (Phi) is 3.07. The van der Waals surface area contributed by atoms with Gasteiger partial charge in [-0.15, -0.1) is 0 Å². The van der Waals surface area contributed by atoms with E-state index < -0.39 is 0 Å². The molecule has 1 aliphatic rings. The molecule has 1 saturated heterocycles. The van der Waals surface area contributed by atoms with Gasteiger partial charge < -0.3 is 5.73 Å². The fourth-order valence-electron chi connectivity index (χ4n) is 1.49. The number of hydrazine groups is 3. The summed E-state index contributed by atoms with van der Waals surface area (Å²) < 4.78 is 0. The quantitative estimate of drug-likeness (QED) is 0.448. The predicted molar refractivity (Wildman–Crippen MR) is 54.3 cm³/mol. The Morgan fingerprint density at radius 1 is 1.14 bits per heavy atom. The lowest BCUT2D eigenvalue weighted by Crippen LogP contribution is -2.36. The molecule has 76 valence electrons. The SMILES string of the molecule is N[C@H](CC1NNNN1)c1ccccc1. The van der Waals surface area contributed by atoms with E-state index >= 15 is 0 Å². The Bertz CT molecular complexity index is 270. The zero-order chi connectivity index (χ0) is 9.80. The van der Waals surface area contributed by atoms with E-state index in [1.807, 2.05) is 30.3 Å². The second-order valence-corrected chi connectivity index (χ2v) is 3.34. The molecule has 0 saturated carbocycles. The highest BCUT2D eigenvalue weighted by Gasteiger charge is 2.16. The van der Waals surface area contributed by atoms with Crippen LogP contribution in [0, 0.1) is 0 Å². The molecule has 1 aromatic carbocycles. The number of rotatable bonds is 3. The minimum absolute atomic E-state index is 0.0444. The monoisotopic (exact) mass is 193 g/mol. The van der Waals surface area contributed by atoms with Gasteiger partial charge in [-0.2, -0.15) is 11.1 Å². The van der Waals surface area contributed by atoms with Crippen LogP contribution >= 0.6 is 0 Å². The molecule has 6 N–H and O–H groups in total. The van der Waals surface area contributed by atoms with Crippen LogP contribution in [0.1, 0.15) is 18.0 Å². The lowest BCUT2D eigenvalue weighted by atomic mass is 10.0. The fourth-order valence-corrected chi connectivity index (χ4v) is 1.49. The number of benzene rings is 1. The van der Waals surface area contributed by atoms with Crippen LogP contribution in [0.2, 0.25) is 0 Å². The Hall–Kier alpha value is -0.980. The van der Waals surface area contributed by atoms with Gasteiger partial charge in [0.2, 0.25) is 0 Å². The summed E-state index contributed by atoms with van der Waals surface area (Å²) in [6.07, 6.45) is 0.981. The van der Waals surface area contributed by atoms with Crippen molar-refractivity contribution in [3.63, 3.8) is 0 Å². The molecule has 0 unspecified atom stereocenters. The number of hydrogen-bond donors (Lipinski definition) is 5. The van der Waals surface area contributed by atoms with Crippen molar-refractivity contribution in [2.45, 2.75) is 18.6 Å². The second-order valence-electron chi connectivity index (χ2n) is 3.34. The van der Waals surface area contributed by atoms with E-state index in [2.05, 4.69) is 21.9 Å². The average Bonchev–Trinajstić information content (AvgIpc) is 2.72. The van der Waals surface area contributed by atoms with Gasteiger partial charge in [0, 0.05) is 6.04 Å². The van der Waals surface area contributed by atoms with Crippen molar-refractivity contribution in [1.29, 1.82) is 0 Å². The highest BCUT2D eigenvalue weighted by molar-refractivity contribution is 5.18. The van der Waals surface area contributed by atoms with Gasteiger partial charge in [0.1, 0.15) is 0 Å². The van der Waals surface area contributed by atoms with E-state index in [1.165, 1.54) is 0 Å². The van der Waals surface area contributed by atoms with Crippen LogP contribution in [0.15, 0.2) is 30.3 Å². The molecule has 0 spiro atoms. The van der Waals surface area contributed by atoms with E-state index in [9.17, 15) is 0 Å². The van der Waals surface area contributed by atoms with Crippen LogP contribution in [0.4, 0.5) is 0 Å². The standard InChI is InChI=1S/C9H15N5/c10-8(6-9-11-13-14-12-9)7-4-2-1-3-5-7/h1-5,8-9,11-14H,6,10H2/t8-/m1/s1. The molecule has 5 heteroatoms. The highest BCUT2D eigenvalue weighted by atomic mass is 15.8. The van der Waals surface area contributed by atoms with Crippen molar-refractivity contribution in [1.82, 2.24) is 21.9 Å². The first-order valence-corrected chi connectivity index (χ1v) is 4.68. The third kappa shape index (κ3) is 2.28. The highest BCUT2D eigenvalue weighted by Crippen LogP contribution is 2.14. The third-order valence-corrected chi connectivity index (χ3v) is 2.27. The van der Waals surface area contributed by atoms with E-state index in [0.717, 1.165) is 12.0 Å². The minimum Gasteiger partial charge on any atom is -0.324 e. The van der Waals surface area contributed by atoms with Crippen LogP contribution in [-0.4, -0.2) is 6.17 Å². The minimum atomic E-state index is 0.0444. The topological polar surface area (TPSA) is 74.1 Å². The molecule has 0 aromatic heterocycles. The summed E-state index contributed by atoms with van der Waals surface area (Å²) in [6.45, 7) is 0. The van der Waals surface area contributed by atoms with Crippen LogP contribution in [0.3, 0.4) is 0 Å². The molecule has 1 fully saturated rings. The van der Waals surface area contributed by atoms with E-state index in [-0.39, 0.29) is 12.2 Å². The van der Waals surface area contributed by atoms with Crippen molar-refractivity contribution >= 4 is 0 Å². The Morgan fingerprint density at radius 3 is 2.43 bits per heavy atom. The molecule has 1 heterocycles. The number of nitrogens with one attached hydrogen (secondary N) is 4. The summed E-state index contributed by atoms with van der Waals surface area (Å²) in [6, 6.07) is 10.1. The molecule has 0 bridgehead atoms. The summed E-state index contributed by atoms with van der Waals surface area (Å²) in [5, 5.41) is 0. The summed E-state index contributed by atoms with van der Waals surface area (Å²) >= 11 is 0. The third-order valence-electron chi connectivity index (χ3n) is 2.27. The van der Waals surface area contributed by atoms with E-state index in [4.69, 9.17) is 5.73 Å². The lowest BCUT2D eigenvalue weighted by molar-refractivity contribution is 0.446. The maximum Gasteiger partial charge on any atom is 0.0877 e. The Balaban J connectivity index is 1.92. The molecule has 1 aromatic rings. The molecule has 14 heavy (non-hydrogen) atoms. The zero-order valence-electron chi connectivity index (χ0n) is 7.83. The van der Waals surface area contributed by atoms with Crippen molar-refractivity contribution < 1.29 is 0 Å². The summed E-state index contributed by atoms with van der Waals surface area (Å²) in [4.78, 5) is 0. The summed E-state index contributed by atoms with van der Waals surface area (Å²) in [5.74, 6) is 0. The number of hydrogen-bond acceptors (Lipinski definition) is 5. The first-order valence-electron chi connectivity index (χ1n) is 4.68. The van der Waals surface area contributed by atoms with Crippen LogP contribution in [0.25, 0.3) is 0 Å². The summed E-state index contributed by atoms with van der Waals surface area (Å²) in [5.41, 5.74) is 18.7. The molecular formula is C9H15N5. The van der Waals surface area contributed by atoms with Gasteiger partial charge in [0.15, 0.2) is 0 Å². The first-order chi connectivity index (χ1) is 6.86. The molecule has 5 nitrogen and oxygen atoms in total. The van der Waals surface area contributed by atoms with Crippen LogP contribution in [0.5, 0.6) is 0 Å². The lowest BCUT2D eigenvalue weighted by Gasteiger charge is -2.15. The number of nitrogens with two attached hydrogens (primary N) is 1. The maximum atomic E-state index is 6.04. The van der Waals surface area contributed by atoms with Gasteiger partial charge >= 0.3 is 0 Å². The molecule has 0 radical (unpaired) electrons. The van der Waals surface area contributed by atoms with Gasteiger partial charge in [-0.3, -0.25) is 0 Å². The van der Waals surface area contributed by atoms with Crippen molar-refractivity contribution in [3.05, 3.63) is 35.9 Å². The van der Waals surface area contributed by atoms with Gasteiger partial charge in [-0.25, -0.2) is 10.9 Å². The maximum absolute atomic E-state index is 6.04. The van der Waals surface area contributed by atoms with Crippen LogP contribution < -0.4 is 27.7 Å². The van der Waals surface area contributed by atoms with Gasteiger partial charge in [-0.05, 0) is 12.0 Å². The van der Waals surface area contributed by atoms with Crippen molar-refractivity contribution in [2.75, 3.05) is 0 Å². The Labute approximate surface area is 83.0 Å². The van der Waals surface area contributed by atoms with Gasteiger partial charge in [0.25, 0.3) is 0 Å². The molecule has 1 atom stereocenters. The fraction of sp³-hybridized carbons (Fsp3) is 0.333. The van der Waals surface area contributed by atoms with Gasteiger partial charge in [0.05, 0.1) is 6.17 Å². The smallest absolute Gasteiger partial charge is 0.0877 e. The van der Waals surface area contributed by atoms with Crippen molar-refractivity contribution in [3.8, 4) is 0 Å². The summed E-state index contributed by atoms with van der Waals surface area (Å²) in [7, 11) is 0. The first kappa shape index (κ1) is 9.57. The molecular weight excluding hydrogens is 178 g/mol. The Morgan fingerprint density at radius 2 is 1.79 bits per heavy atom. The van der Waals surface area contributed by atoms with Crippen LogP contribution in [-0.2, 0) is 0 Å². The second kappa shape index (κ2) is 4.50. The largest absolute Gasteiger partial charge is 0.324 e. The zero-order valence-corrected chi connectivity index (χ0v) is 7.83. The molecule has 0 amide bonds. The molecule has 1 aliphatic heterocycles. The van der Waals surface area contributed by atoms with Crippen molar-refractivity contribution in [2.24, 2.45) is 5.73 Å². The van der Waals surface area contributed by atoms with Gasteiger partial charge in [-0.1, -0.05) is 30.3 Å². The molecule has 2 rings (SSSR count).